The van der Waals surface area contributed by atoms with E-state index in [1.807, 2.05) is 0 Å². The third-order valence-corrected chi connectivity index (χ3v) is 3.08. The maximum atomic E-state index is 3.55. The molecule has 2 heteroatoms. The SMILES string of the molecule is CCCC[N+](C)(CCBr)CCCC. The van der Waals surface area contributed by atoms with Crippen molar-refractivity contribution in [2.45, 2.75) is 39.5 Å². The molecule has 0 aromatic carbocycles. The zero-order valence-electron chi connectivity index (χ0n) is 9.48. The highest BCUT2D eigenvalue weighted by Gasteiger charge is 2.18. The highest BCUT2D eigenvalue weighted by atomic mass is 79.9. The van der Waals surface area contributed by atoms with Crippen molar-refractivity contribution >= 4 is 15.9 Å². The lowest BCUT2D eigenvalue weighted by molar-refractivity contribution is -0.907. The Morgan fingerprint density at radius 2 is 1.38 bits per heavy atom. The van der Waals surface area contributed by atoms with E-state index in [-0.39, 0.29) is 0 Å². The molecular formula is C11H25BrN+. The summed E-state index contributed by atoms with van der Waals surface area (Å²) in [7, 11) is 2.40. The fraction of sp³-hybridized carbons (Fsp3) is 1.00. The fourth-order valence-corrected chi connectivity index (χ4v) is 2.48. The average Bonchev–Trinajstić information content (AvgIpc) is 2.12. The monoisotopic (exact) mass is 250 g/mol. The smallest absolute Gasteiger partial charge is 0.0883 e. The Kier molecular flexibility index (Phi) is 8.07. The van der Waals surface area contributed by atoms with Crippen LogP contribution in [0.3, 0.4) is 0 Å². The standard InChI is InChI=1S/C11H25BrN/c1-4-6-9-13(3,11-8-12)10-7-5-2/h4-11H2,1-3H3/q+1. The molecule has 0 N–H and O–H groups in total. The third kappa shape index (κ3) is 6.50. The Labute approximate surface area is 92.2 Å². The van der Waals surface area contributed by atoms with E-state index in [4.69, 9.17) is 0 Å². The van der Waals surface area contributed by atoms with Gasteiger partial charge in [-0.3, -0.25) is 0 Å². The summed E-state index contributed by atoms with van der Waals surface area (Å²) in [5.74, 6) is 0. The van der Waals surface area contributed by atoms with Crippen LogP contribution in [0.2, 0.25) is 0 Å². The van der Waals surface area contributed by atoms with Crippen LogP contribution in [0.5, 0.6) is 0 Å². The topological polar surface area (TPSA) is 0 Å². The van der Waals surface area contributed by atoms with Gasteiger partial charge in [-0.25, -0.2) is 0 Å². The normalized spacial score (nSPS) is 12.0. The molecule has 0 aromatic heterocycles. The van der Waals surface area contributed by atoms with Gasteiger partial charge in [0.15, 0.2) is 0 Å². The van der Waals surface area contributed by atoms with E-state index >= 15 is 0 Å². The number of halogens is 1. The van der Waals surface area contributed by atoms with Crippen LogP contribution in [0.25, 0.3) is 0 Å². The Bertz CT molecular complexity index is 107. The van der Waals surface area contributed by atoms with Gasteiger partial charge in [0.05, 0.1) is 32.0 Å². The molecule has 0 bridgehead atoms. The van der Waals surface area contributed by atoms with Crippen LogP contribution in [-0.2, 0) is 0 Å². The second-order valence-electron chi connectivity index (χ2n) is 4.19. The second-order valence-corrected chi connectivity index (χ2v) is 4.98. The molecule has 0 amide bonds. The predicted molar refractivity (Wildman–Crippen MR) is 64.4 cm³/mol. The van der Waals surface area contributed by atoms with Crippen molar-refractivity contribution in [1.29, 1.82) is 0 Å². The van der Waals surface area contributed by atoms with E-state index in [0.717, 1.165) is 5.33 Å². The Morgan fingerprint density at radius 3 is 1.69 bits per heavy atom. The molecule has 0 unspecified atom stereocenters. The molecular weight excluding hydrogens is 226 g/mol. The maximum absolute atomic E-state index is 3.55. The summed E-state index contributed by atoms with van der Waals surface area (Å²) in [6.45, 7) is 8.53. The fourth-order valence-electron chi connectivity index (χ4n) is 1.62. The van der Waals surface area contributed by atoms with Crippen LogP contribution < -0.4 is 0 Å². The summed E-state index contributed by atoms with van der Waals surface area (Å²) in [6.07, 6.45) is 5.38. The molecule has 0 spiro atoms. The zero-order chi connectivity index (χ0) is 10.2. The first kappa shape index (κ1) is 13.4. The highest BCUT2D eigenvalue weighted by molar-refractivity contribution is 9.09. The molecule has 1 nitrogen and oxygen atoms in total. The molecule has 0 radical (unpaired) electrons. The lowest BCUT2D eigenvalue weighted by Gasteiger charge is -2.34. The molecule has 13 heavy (non-hydrogen) atoms. The van der Waals surface area contributed by atoms with E-state index in [1.54, 1.807) is 0 Å². The zero-order valence-corrected chi connectivity index (χ0v) is 11.1. The average molecular weight is 251 g/mol. The van der Waals surface area contributed by atoms with Crippen LogP contribution in [-0.4, -0.2) is 36.5 Å². The number of hydrogen-bond acceptors (Lipinski definition) is 0. The van der Waals surface area contributed by atoms with Crippen LogP contribution in [0.4, 0.5) is 0 Å². The predicted octanol–water partition coefficient (Wildman–Crippen LogP) is 3.43. The Morgan fingerprint density at radius 1 is 0.923 bits per heavy atom. The summed E-state index contributed by atoms with van der Waals surface area (Å²) in [5.41, 5.74) is 0. The first-order chi connectivity index (χ1) is 6.18. The molecule has 0 aromatic rings. The van der Waals surface area contributed by atoms with E-state index < -0.39 is 0 Å². The number of hydrogen-bond donors (Lipinski definition) is 0. The molecule has 0 rings (SSSR count). The van der Waals surface area contributed by atoms with Gasteiger partial charge in [-0.2, -0.15) is 0 Å². The molecule has 0 saturated carbocycles. The van der Waals surface area contributed by atoms with Crippen molar-refractivity contribution in [2.75, 3.05) is 32.0 Å². The number of quaternary nitrogens is 1. The summed E-state index contributed by atoms with van der Waals surface area (Å²) in [5, 5.41) is 1.14. The number of nitrogens with zero attached hydrogens (tertiary/aromatic N) is 1. The van der Waals surface area contributed by atoms with Gasteiger partial charge in [0.2, 0.25) is 0 Å². The van der Waals surface area contributed by atoms with E-state index in [1.165, 1.54) is 49.8 Å². The lowest BCUT2D eigenvalue weighted by atomic mass is 10.2. The minimum absolute atomic E-state index is 1.14. The minimum atomic E-state index is 1.14. The van der Waals surface area contributed by atoms with Crippen LogP contribution in [0.15, 0.2) is 0 Å². The molecule has 0 heterocycles. The summed E-state index contributed by atoms with van der Waals surface area (Å²) < 4.78 is 1.26. The largest absolute Gasteiger partial charge is 0.325 e. The van der Waals surface area contributed by atoms with E-state index in [9.17, 15) is 0 Å². The molecule has 0 aliphatic carbocycles. The van der Waals surface area contributed by atoms with Crippen molar-refractivity contribution in [3.05, 3.63) is 0 Å². The number of rotatable bonds is 8. The van der Waals surface area contributed by atoms with Crippen molar-refractivity contribution in [2.24, 2.45) is 0 Å². The van der Waals surface area contributed by atoms with Gasteiger partial charge in [-0.05, 0) is 12.8 Å². The van der Waals surface area contributed by atoms with Gasteiger partial charge >= 0.3 is 0 Å². The maximum Gasteiger partial charge on any atom is 0.0883 e. The summed E-state index contributed by atoms with van der Waals surface area (Å²) >= 11 is 3.55. The van der Waals surface area contributed by atoms with Crippen molar-refractivity contribution in [3.63, 3.8) is 0 Å². The Balaban J connectivity index is 3.84. The lowest BCUT2D eigenvalue weighted by Crippen LogP contribution is -2.46. The quantitative estimate of drug-likeness (QED) is 0.458. The van der Waals surface area contributed by atoms with Crippen LogP contribution in [0.1, 0.15) is 39.5 Å². The first-order valence-electron chi connectivity index (χ1n) is 5.58. The molecule has 0 fully saturated rings. The van der Waals surface area contributed by atoms with Gasteiger partial charge in [-0.1, -0.05) is 42.6 Å². The van der Waals surface area contributed by atoms with Crippen LogP contribution >= 0.6 is 15.9 Å². The molecule has 0 aliphatic rings. The highest BCUT2D eigenvalue weighted by Crippen LogP contribution is 2.09. The number of alkyl halides is 1. The second kappa shape index (κ2) is 7.81. The Hall–Kier alpha value is 0.440. The van der Waals surface area contributed by atoms with Gasteiger partial charge in [-0.15, -0.1) is 0 Å². The third-order valence-electron chi connectivity index (χ3n) is 2.73. The van der Waals surface area contributed by atoms with E-state index in [0.29, 0.717) is 0 Å². The van der Waals surface area contributed by atoms with Crippen molar-refractivity contribution in [1.82, 2.24) is 0 Å². The molecule has 80 valence electrons. The molecule has 0 saturated heterocycles. The van der Waals surface area contributed by atoms with Crippen molar-refractivity contribution in [3.8, 4) is 0 Å². The van der Waals surface area contributed by atoms with Gasteiger partial charge in [0, 0.05) is 0 Å². The number of unbranched alkanes of at least 4 members (excludes halogenated alkanes) is 2. The summed E-state index contributed by atoms with van der Waals surface area (Å²) in [6, 6.07) is 0. The molecule has 0 aliphatic heterocycles. The molecule has 0 atom stereocenters. The van der Waals surface area contributed by atoms with Gasteiger partial charge < -0.3 is 4.48 Å². The first-order valence-corrected chi connectivity index (χ1v) is 6.70. The summed E-state index contributed by atoms with van der Waals surface area (Å²) in [4.78, 5) is 0. The van der Waals surface area contributed by atoms with Gasteiger partial charge in [0.25, 0.3) is 0 Å². The van der Waals surface area contributed by atoms with E-state index in [2.05, 4.69) is 36.8 Å². The minimum Gasteiger partial charge on any atom is -0.325 e. The van der Waals surface area contributed by atoms with Crippen LogP contribution in [0, 0.1) is 0 Å². The van der Waals surface area contributed by atoms with Gasteiger partial charge in [0.1, 0.15) is 0 Å². The van der Waals surface area contributed by atoms with Crippen molar-refractivity contribution < 1.29 is 4.48 Å².